The highest BCUT2D eigenvalue weighted by atomic mass is 16.3. The third-order valence-corrected chi connectivity index (χ3v) is 1.75. The number of nitrogen functional groups attached to an aromatic ring is 1. The van der Waals surface area contributed by atoms with Crippen molar-refractivity contribution < 1.29 is 9.90 Å². The molecule has 1 atom stereocenters. The lowest BCUT2D eigenvalue weighted by atomic mass is 10.2. The van der Waals surface area contributed by atoms with E-state index in [2.05, 4.69) is 5.32 Å². The van der Waals surface area contributed by atoms with Crippen LogP contribution in [0, 0.1) is 6.92 Å². The number of benzene rings is 1. The molecule has 1 rings (SSSR count). The molecule has 0 heterocycles. The lowest BCUT2D eigenvalue weighted by Gasteiger charge is -2.08. The van der Waals surface area contributed by atoms with Gasteiger partial charge in [0.05, 0.1) is 0 Å². The molecule has 0 saturated heterocycles. The van der Waals surface area contributed by atoms with Gasteiger partial charge < -0.3 is 16.2 Å². The smallest absolute Gasteiger partial charge is 0.252 e. The third-order valence-electron chi connectivity index (χ3n) is 1.75. The van der Waals surface area contributed by atoms with Crippen molar-refractivity contribution >= 4 is 17.3 Å². The molecular weight excluding hydrogens is 180 g/mol. The number of carbonyl (C=O) groups is 1. The molecule has 76 valence electrons. The Kier molecular flexibility index (Phi) is 3.09. The van der Waals surface area contributed by atoms with Crippen LogP contribution in [0.1, 0.15) is 12.5 Å². The van der Waals surface area contributed by atoms with Gasteiger partial charge in [0.1, 0.15) is 6.10 Å². The van der Waals surface area contributed by atoms with Crippen LogP contribution >= 0.6 is 0 Å². The Morgan fingerprint density at radius 2 is 2.14 bits per heavy atom. The lowest BCUT2D eigenvalue weighted by Crippen LogP contribution is -2.24. The topological polar surface area (TPSA) is 75.3 Å². The van der Waals surface area contributed by atoms with Crippen molar-refractivity contribution in [3.8, 4) is 0 Å². The number of hydrogen-bond donors (Lipinski definition) is 3. The van der Waals surface area contributed by atoms with Crippen LogP contribution < -0.4 is 11.1 Å². The SMILES string of the molecule is Cc1cc(N)cc(NC(=O)[C@H](C)O)c1. The van der Waals surface area contributed by atoms with Crippen molar-refractivity contribution in [2.45, 2.75) is 20.0 Å². The van der Waals surface area contributed by atoms with Crippen LogP contribution in [0.4, 0.5) is 11.4 Å². The van der Waals surface area contributed by atoms with Gasteiger partial charge in [-0.3, -0.25) is 4.79 Å². The van der Waals surface area contributed by atoms with Gasteiger partial charge in [-0.1, -0.05) is 0 Å². The Morgan fingerprint density at radius 1 is 1.50 bits per heavy atom. The van der Waals surface area contributed by atoms with E-state index in [1.54, 1.807) is 18.2 Å². The summed E-state index contributed by atoms with van der Waals surface area (Å²) in [5, 5.41) is 11.5. The molecular formula is C10H14N2O2. The minimum absolute atomic E-state index is 0.435. The molecule has 1 aromatic rings. The first-order chi connectivity index (χ1) is 6.49. The molecule has 0 aromatic heterocycles. The van der Waals surface area contributed by atoms with E-state index >= 15 is 0 Å². The number of anilines is 2. The highest BCUT2D eigenvalue weighted by Crippen LogP contribution is 2.15. The molecule has 0 aliphatic heterocycles. The zero-order valence-corrected chi connectivity index (χ0v) is 8.24. The number of aryl methyl sites for hydroxylation is 1. The standard InChI is InChI=1S/C10H14N2O2/c1-6-3-8(11)5-9(4-6)12-10(14)7(2)13/h3-5,7,13H,11H2,1-2H3,(H,12,14)/t7-/m0/s1. The van der Waals surface area contributed by atoms with Gasteiger partial charge in [-0.2, -0.15) is 0 Å². The van der Waals surface area contributed by atoms with Crippen LogP contribution in [0.15, 0.2) is 18.2 Å². The number of aliphatic hydroxyl groups is 1. The first-order valence-electron chi connectivity index (χ1n) is 4.35. The summed E-state index contributed by atoms with van der Waals surface area (Å²) in [6.07, 6.45) is -1.02. The molecule has 4 N–H and O–H groups in total. The summed E-state index contributed by atoms with van der Waals surface area (Å²) in [4.78, 5) is 11.1. The Balaban J connectivity index is 2.82. The van der Waals surface area contributed by atoms with Crippen molar-refractivity contribution in [2.24, 2.45) is 0 Å². The number of nitrogens with two attached hydrogens (primary N) is 1. The van der Waals surface area contributed by atoms with Crippen molar-refractivity contribution in [3.63, 3.8) is 0 Å². The van der Waals surface area contributed by atoms with E-state index < -0.39 is 12.0 Å². The second-order valence-corrected chi connectivity index (χ2v) is 3.30. The Labute approximate surface area is 82.7 Å². The van der Waals surface area contributed by atoms with E-state index in [0.29, 0.717) is 11.4 Å². The molecule has 0 unspecified atom stereocenters. The summed E-state index contributed by atoms with van der Waals surface area (Å²) in [5.41, 5.74) is 7.76. The molecule has 0 spiro atoms. The van der Waals surface area contributed by atoms with E-state index in [-0.39, 0.29) is 0 Å². The minimum Gasteiger partial charge on any atom is -0.399 e. The second-order valence-electron chi connectivity index (χ2n) is 3.30. The van der Waals surface area contributed by atoms with Gasteiger partial charge in [-0.15, -0.1) is 0 Å². The van der Waals surface area contributed by atoms with E-state index in [1.165, 1.54) is 6.92 Å². The zero-order chi connectivity index (χ0) is 10.7. The first kappa shape index (κ1) is 10.5. The van der Waals surface area contributed by atoms with Gasteiger partial charge in [-0.05, 0) is 37.6 Å². The number of carbonyl (C=O) groups excluding carboxylic acids is 1. The molecule has 14 heavy (non-hydrogen) atoms. The fourth-order valence-electron chi connectivity index (χ4n) is 1.13. The second kappa shape index (κ2) is 4.11. The van der Waals surface area contributed by atoms with Gasteiger partial charge in [0.15, 0.2) is 0 Å². The van der Waals surface area contributed by atoms with Gasteiger partial charge in [-0.25, -0.2) is 0 Å². The molecule has 0 aliphatic carbocycles. The van der Waals surface area contributed by atoms with Gasteiger partial charge in [0.2, 0.25) is 0 Å². The number of hydrogen-bond acceptors (Lipinski definition) is 3. The predicted octanol–water partition coefficient (Wildman–Crippen LogP) is 0.897. The summed E-state index contributed by atoms with van der Waals surface area (Å²) in [6, 6.07) is 5.24. The van der Waals surface area contributed by atoms with Crippen LogP contribution in [-0.4, -0.2) is 17.1 Å². The average Bonchev–Trinajstić information content (AvgIpc) is 2.01. The molecule has 4 nitrogen and oxygen atoms in total. The highest BCUT2D eigenvalue weighted by Gasteiger charge is 2.08. The molecule has 1 amide bonds. The van der Waals surface area contributed by atoms with Gasteiger partial charge >= 0.3 is 0 Å². The maximum Gasteiger partial charge on any atom is 0.252 e. The summed E-state index contributed by atoms with van der Waals surface area (Å²) >= 11 is 0. The van der Waals surface area contributed by atoms with Crippen molar-refractivity contribution in [1.82, 2.24) is 0 Å². The average molecular weight is 194 g/mol. The van der Waals surface area contributed by atoms with E-state index in [0.717, 1.165) is 5.56 Å². The number of nitrogens with one attached hydrogen (secondary N) is 1. The lowest BCUT2D eigenvalue weighted by molar-refractivity contribution is -0.123. The predicted molar refractivity (Wildman–Crippen MR) is 55.9 cm³/mol. The highest BCUT2D eigenvalue weighted by molar-refractivity contribution is 5.94. The molecule has 0 saturated carbocycles. The van der Waals surface area contributed by atoms with Crippen LogP contribution in [0.25, 0.3) is 0 Å². The fraction of sp³-hybridized carbons (Fsp3) is 0.300. The molecule has 0 aliphatic rings. The molecule has 0 fully saturated rings. The van der Waals surface area contributed by atoms with Crippen molar-refractivity contribution in [3.05, 3.63) is 23.8 Å². The fourth-order valence-corrected chi connectivity index (χ4v) is 1.13. The maximum absolute atomic E-state index is 11.1. The van der Waals surface area contributed by atoms with Gasteiger partial charge in [0.25, 0.3) is 5.91 Å². The molecule has 0 radical (unpaired) electrons. The number of amides is 1. The van der Waals surface area contributed by atoms with E-state index in [4.69, 9.17) is 10.8 Å². The normalized spacial score (nSPS) is 12.2. The van der Waals surface area contributed by atoms with E-state index in [1.807, 2.05) is 6.92 Å². The Hall–Kier alpha value is -1.55. The monoisotopic (exact) mass is 194 g/mol. The summed E-state index contributed by atoms with van der Waals surface area (Å²) < 4.78 is 0. The molecule has 0 bridgehead atoms. The minimum atomic E-state index is -1.02. The zero-order valence-electron chi connectivity index (χ0n) is 8.24. The van der Waals surface area contributed by atoms with Gasteiger partial charge in [0, 0.05) is 11.4 Å². The van der Waals surface area contributed by atoms with Crippen molar-refractivity contribution in [1.29, 1.82) is 0 Å². The van der Waals surface area contributed by atoms with E-state index in [9.17, 15) is 4.79 Å². The quantitative estimate of drug-likeness (QED) is 0.612. The third kappa shape index (κ3) is 2.74. The number of aliphatic hydroxyl groups excluding tert-OH is 1. The van der Waals surface area contributed by atoms with Crippen molar-refractivity contribution in [2.75, 3.05) is 11.1 Å². The summed E-state index contributed by atoms with van der Waals surface area (Å²) in [7, 11) is 0. The number of rotatable bonds is 2. The van der Waals surface area contributed by atoms with Crippen LogP contribution in [0.2, 0.25) is 0 Å². The van der Waals surface area contributed by atoms with Crippen LogP contribution in [-0.2, 0) is 4.79 Å². The maximum atomic E-state index is 11.1. The van der Waals surface area contributed by atoms with Crippen LogP contribution in [0.5, 0.6) is 0 Å². The molecule has 4 heteroatoms. The summed E-state index contributed by atoms with van der Waals surface area (Å²) in [5.74, 6) is -0.435. The molecule has 1 aromatic carbocycles. The Bertz CT molecular complexity index is 328. The van der Waals surface area contributed by atoms with Crippen LogP contribution in [0.3, 0.4) is 0 Å². The summed E-state index contributed by atoms with van der Waals surface area (Å²) in [6.45, 7) is 3.29. The Morgan fingerprint density at radius 3 is 2.64 bits per heavy atom. The largest absolute Gasteiger partial charge is 0.399 e. The first-order valence-corrected chi connectivity index (χ1v) is 4.35.